The molecular formula is C21H27N3O2. The zero-order valence-corrected chi connectivity index (χ0v) is 15.2. The van der Waals surface area contributed by atoms with Crippen LogP contribution < -0.4 is 0 Å². The van der Waals surface area contributed by atoms with Gasteiger partial charge in [-0.25, -0.2) is 4.79 Å². The van der Waals surface area contributed by atoms with E-state index in [2.05, 4.69) is 17.0 Å². The van der Waals surface area contributed by atoms with Gasteiger partial charge in [0.25, 0.3) is 5.91 Å². The smallest absolute Gasteiger partial charge is 0.305 e. The van der Waals surface area contributed by atoms with E-state index in [1.165, 1.54) is 25.7 Å². The van der Waals surface area contributed by atoms with E-state index in [-0.39, 0.29) is 30.1 Å². The van der Waals surface area contributed by atoms with Gasteiger partial charge in [0.2, 0.25) is 0 Å². The van der Waals surface area contributed by atoms with Crippen molar-refractivity contribution in [3.05, 3.63) is 35.9 Å². The van der Waals surface area contributed by atoms with Crippen molar-refractivity contribution in [3.63, 3.8) is 0 Å². The average molecular weight is 353 g/mol. The Morgan fingerprint density at radius 2 is 1.54 bits per heavy atom. The molecule has 26 heavy (non-hydrogen) atoms. The Hall–Kier alpha value is -1.88. The minimum absolute atomic E-state index is 0.0479. The van der Waals surface area contributed by atoms with Crippen LogP contribution in [0.25, 0.3) is 0 Å². The molecule has 1 aromatic carbocycles. The van der Waals surface area contributed by atoms with Crippen LogP contribution in [0.15, 0.2) is 30.3 Å². The van der Waals surface area contributed by atoms with Crippen LogP contribution in [0.5, 0.6) is 0 Å². The highest BCUT2D eigenvalue weighted by atomic mass is 16.2. The monoisotopic (exact) mass is 353 g/mol. The maximum Gasteiger partial charge on any atom is 0.328 e. The van der Waals surface area contributed by atoms with Crippen molar-refractivity contribution in [3.8, 4) is 0 Å². The molecule has 3 saturated heterocycles. The van der Waals surface area contributed by atoms with Crippen molar-refractivity contribution in [2.24, 2.45) is 0 Å². The number of imide groups is 1. The second-order valence-electron chi connectivity index (χ2n) is 8.29. The van der Waals surface area contributed by atoms with E-state index in [1.54, 1.807) is 4.90 Å². The van der Waals surface area contributed by atoms with Crippen molar-refractivity contribution in [1.82, 2.24) is 14.7 Å². The highest BCUT2D eigenvalue weighted by Crippen LogP contribution is 2.42. The van der Waals surface area contributed by atoms with E-state index in [0.717, 1.165) is 37.9 Å². The molecule has 138 valence electrons. The highest BCUT2D eigenvalue weighted by molar-refractivity contribution is 6.05. The molecule has 1 aliphatic carbocycles. The maximum absolute atomic E-state index is 13.2. The van der Waals surface area contributed by atoms with Gasteiger partial charge in [-0.2, -0.15) is 0 Å². The van der Waals surface area contributed by atoms with Gasteiger partial charge in [0.05, 0.1) is 12.1 Å². The molecule has 1 aromatic rings. The van der Waals surface area contributed by atoms with E-state index >= 15 is 0 Å². The van der Waals surface area contributed by atoms with Gasteiger partial charge in [-0.1, -0.05) is 43.2 Å². The number of benzene rings is 1. The number of rotatable bonds is 3. The Bertz CT molecular complexity index is 700. The maximum atomic E-state index is 13.2. The number of hydrogen-bond acceptors (Lipinski definition) is 3. The number of likely N-dealkylation sites (tertiary alicyclic amines) is 1. The van der Waals surface area contributed by atoms with Gasteiger partial charge in [-0.15, -0.1) is 0 Å². The Balaban J connectivity index is 1.34. The second-order valence-corrected chi connectivity index (χ2v) is 8.29. The predicted molar refractivity (Wildman–Crippen MR) is 98.5 cm³/mol. The molecule has 4 aliphatic rings. The summed E-state index contributed by atoms with van der Waals surface area (Å²) >= 11 is 0. The van der Waals surface area contributed by atoms with Gasteiger partial charge in [0.15, 0.2) is 0 Å². The van der Waals surface area contributed by atoms with Crippen molar-refractivity contribution in [2.45, 2.75) is 69.1 Å². The molecule has 0 spiro atoms. The summed E-state index contributed by atoms with van der Waals surface area (Å²) in [5, 5.41) is 0. The highest BCUT2D eigenvalue weighted by Gasteiger charge is 2.54. The molecule has 3 amide bonds. The first kappa shape index (κ1) is 16.3. The lowest BCUT2D eigenvalue weighted by molar-refractivity contribution is -0.129. The largest absolute Gasteiger partial charge is 0.328 e. The molecule has 1 saturated carbocycles. The number of fused-ring (bicyclic) bond motifs is 1. The molecule has 3 atom stereocenters. The third-order valence-corrected chi connectivity index (χ3v) is 6.92. The van der Waals surface area contributed by atoms with Gasteiger partial charge in [-0.3, -0.25) is 14.6 Å². The van der Waals surface area contributed by atoms with E-state index in [0.29, 0.717) is 6.04 Å². The van der Waals surface area contributed by atoms with E-state index in [4.69, 9.17) is 0 Å². The summed E-state index contributed by atoms with van der Waals surface area (Å²) < 4.78 is 0. The van der Waals surface area contributed by atoms with Gasteiger partial charge < -0.3 is 4.90 Å². The number of carbonyl (C=O) groups excluding carboxylic acids is 2. The van der Waals surface area contributed by atoms with E-state index < -0.39 is 0 Å². The first-order valence-corrected chi connectivity index (χ1v) is 10.2. The Morgan fingerprint density at radius 3 is 2.31 bits per heavy atom. The third kappa shape index (κ3) is 2.48. The first-order valence-electron chi connectivity index (χ1n) is 10.2. The van der Waals surface area contributed by atoms with Crippen molar-refractivity contribution in [1.29, 1.82) is 0 Å². The number of amides is 3. The van der Waals surface area contributed by atoms with Crippen molar-refractivity contribution < 1.29 is 9.59 Å². The summed E-state index contributed by atoms with van der Waals surface area (Å²) in [5.41, 5.74) is 1.15. The minimum atomic E-state index is -0.242. The van der Waals surface area contributed by atoms with Crippen LogP contribution in [0.4, 0.5) is 4.79 Å². The topological polar surface area (TPSA) is 43.9 Å². The third-order valence-electron chi connectivity index (χ3n) is 6.92. The van der Waals surface area contributed by atoms with E-state index in [9.17, 15) is 9.59 Å². The quantitative estimate of drug-likeness (QED) is 0.784. The van der Waals surface area contributed by atoms with Gasteiger partial charge >= 0.3 is 6.03 Å². The predicted octanol–water partition coefficient (Wildman–Crippen LogP) is 3.17. The van der Waals surface area contributed by atoms with Gasteiger partial charge in [-0.05, 0) is 37.7 Å². The summed E-state index contributed by atoms with van der Waals surface area (Å²) in [6, 6.07) is 10.7. The summed E-state index contributed by atoms with van der Waals surface area (Å²) in [7, 11) is 0. The summed E-state index contributed by atoms with van der Waals surface area (Å²) in [6.07, 6.45) is 7.81. The molecule has 5 nitrogen and oxygen atoms in total. The summed E-state index contributed by atoms with van der Waals surface area (Å²) in [6.45, 7) is 1.90. The van der Waals surface area contributed by atoms with Crippen molar-refractivity contribution in [2.75, 3.05) is 13.1 Å². The molecule has 0 radical (unpaired) electrons. The fraction of sp³-hybridized carbons (Fsp3) is 0.619. The lowest BCUT2D eigenvalue weighted by Gasteiger charge is -2.27. The number of carbonyl (C=O) groups is 2. The van der Waals surface area contributed by atoms with Crippen LogP contribution in [-0.2, 0) is 4.79 Å². The molecule has 3 aliphatic heterocycles. The Kier molecular flexibility index (Phi) is 4.00. The van der Waals surface area contributed by atoms with Crippen LogP contribution in [0.3, 0.4) is 0 Å². The number of hydrogen-bond donors (Lipinski definition) is 0. The molecule has 0 bridgehead atoms. The second kappa shape index (κ2) is 6.38. The van der Waals surface area contributed by atoms with E-state index in [1.807, 2.05) is 23.1 Å². The molecule has 3 heterocycles. The summed E-state index contributed by atoms with van der Waals surface area (Å²) in [5.74, 6) is 0.0479. The molecule has 4 fully saturated rings. The van der Waals surface area contributed by atoms with Gasteiger partial charge in [0, 0.05) is 19.1 Å². The average Bonchev–Trinajstić information content (AvgIpc) is 3.42. The fourth-order valence-corrected chi connectivity index (χ4v) is 5.62. The first-order chi connectivity index (χ1) is 12.7. The van der Waals surface area contributed by atoms with Crippen LogP contribution >= 0.6 is 0 Å². The molecule has 5 rings (SSSR count). The normalized spacial score (nSPS) is 32.8. The Morgan fingerprint density at radius 1 is 0.808 bits per heavy atom. The van der Waals surface area contributed by atoms with Crippen LogP contribution in [0, 0.1) is 0 Å². The van der Waals surface area contributed by atoms with Crippen LogP contribution in [0.1, 0.15) is 56.6 Å². The van der Waals surface area contributed by atoms with Crippen LogP contribution in [0.2, 0.25) is 0 Å². The molecule has 0 aromatic heterocycles. The zero-order chi connectivity index (χ0) is 17.7. The molecule has 0 unspecified atom stereocenters. The Labute approximate surface area is 154 Å². The standard InChI is InChI=1S/C21H27N3O2/c25-20-19-11-10-18(15-6-2-1-3-7-15)24(19)21(26)23(20)17-12-13-22(14-17)16-8-4-5-9-16/h1-3,6-7,16-19H,4-5,8-14H2/t17-,18+,19+/m1/s1. The number of nitrogens with zero attached hydrogens (tertiary/aromatic N) is 3. The SMILES string of the molecule is O=C1[C@@H]2CC[C@@H](c3ccccc3)N2C(=O)N1[C@@H]1CCN(C2CCCC2)C1. The molecule has 0 N–H and O–H groups in total. The molecular weight excluding hydrogens is 326 g/mol. The fourth-order valence-electron chi connectivity index (χ4n) is 5.62. The number of urea groups is 1. The lowest BCUT2D eigenvalue weighted by Crippen LogP contribution is -2.44. The molecule has 5 heteroatoms. The lowest BCUT2D eigenvalue weighted by atomic mass is 10.0. The minimum Gasteiger partial charge on any atom is -0.305 e. The zero-order valence-electron chi connectivity index (χ0n) is 15.2. The summed E-state index contributed by atoms with van der Waals surface area (Å²) in [4.78, 5) is 32.3. The van der Waals surface area contributed by atoms with Gasteiger partial charge in [0.1, 0.15) is 6.04 Å². The van der Waals surface area contributed by atoms with Crippen molar-refractivity contribution >= 4 is 11.9 Å². The van der Waals surface area contributed by atoms with Crippen LogP contribution in [-0.4, -0.2) is 57.9 Å².